The second-order valence-corrected chi connectivity index (χ2v) is 3.62. The fourth-order valence-electron chi connectivity index (χ4n) is 1.16. The Labute approximate surface area is 93.8 Å². The van der Waals surface area contributed by atoms with Crippen LogP contribution in [0, 0.1) is 0 Å². The summed E-state index contributed by atoms with van der Waals surface area (Å²) in [7, 11) is 0. The lowest BCUT2D eigenvalue weighted by Gasteiger charge is -2.08. The average Bonchev–Trinajstić information content (AvgIpc) is 2.20. The molecule has 0 saturated heterocycles. The Morgan fingerprint density at radius 3 is 2.31 bits per heavy atom. The molecule has 0 heterocycles. The van der Waals surface area contributed by atoms with Crippen LogP contribution in [0.4, 0.5) is 5.69 Å². The van der Waals surface area contributed by atoms with E-state index in [0.717, 1.165) is 5.56 Å². The SMILES string of the molecule is C[C@@H](N)C(=O)Nc1ccc(CC(N)=O)cc1. The molecule has 1 aromatic carbocycles. The minimum Gasteiger partial charge on any atom is -0.369 e. The lowest BCUT2D eigenvalue weighted by atomic mass is 10.1. The van der Waals surface area contributed by atoms with Gasteiger partial charge in [-0.15, -0.1) is 0 Å². The molecule has 2 amide bonds. The van der Waals surface area contributed by atoms with Gasteiger partial charge in [0.1, 0.15) is 0 Å². The Morgan fingerprint density at radius 1 is 1.31 bits per heavy atom. The van der Waals surface area contributed by atoms with Gasteiger partial charge in [0, 0.05) is 5.69 Å². The third kappa shape index (κ3) is 3.70. The Kier molecular flexibility index (Phi) is 4.02. The zero-order valence-corrected chi connectivity index (χ0v) is 9.07. The Bertz CT molecular complexity index is 385. The van der Waals surface area contributed by atoms with Crippen LogP contribution in [0.2, 0.25) is 0 Å². The third-order valence-corrected chi connectivity index (χ3v) is 2.01. The van der Waals surface area contributed by atoms with E-state index < -0.39 is 6.04 Å². The van der Waals surface area contributed by atoms with Crippen LogP contribution in [-0.4, -0.2) is 17.9 Å². The van der Waals surface area contributed by atoms with Gasteiger partial charge in [0.15, 0.2) is 0 Å². The number of primary amides is 1. The van der Waals surface area contributed by atoms with E-state index in [9.17, 15) is 9.59 Å². The minimum absolute atomic E-state index is 0.196. The van der Waals surface area contributed by atoms with Gasteiger partial charge in [-0.1, -0.05) is 12.1 Å². The third-order valence-electron chi connectivity index (χ3n) is 2.01. The molecule has 5 nitrogen and oxygen atoms in total. The van der Waals surface area contributed by atoms with E-state index in [1.165, 1.54) is 0 Å². The standard InChI is InChI=1S/C11H15N3O2/c1-7(12)11(16)14-9-4-2-8(3-5-9)6-10(13)15/h2-5,7H,6,12H2,1H3,(H2,13,15)(H,14,16)/t7-/m1/s1. The second kappa shape index (κ2) is 5.27. The molecule has 5 N–H and O–H groups in total. The number of nitrogens with one attached hydrogen (secondary N) is 1. The maximum atomic E-state index is 11.3. The van der Waals surface area contributed by atoms with Crippen molar-refractivity contribution < 1.29 is 9.59 Å². The molecular formula is C11H15N3O2. The lowest BCUT2D eigenvalue weighted by Crippen LogP contribution is -2.32. The summed E-state index contributed by atoms with van der Waals surface area (Å²) in [5, 5.41) is 2.64. The predicted molar refractivity (Wildman–Crippen MR) is 61.6 cm³/mol. The highest BCUT2D eigenvalue weighted by atomic mass is 16.2. The molecule has 0 aliphatic carbocycles. The van der Waals surface area contributed by atoms with E-state index in [1.807, 2.05) is 0 Å². The van der Waals surface area contributed by atoms with Gasteiger partial charge in [0.05, 0.1) is 12.5 Å². The lowest BCUT2D eigenvalue weighted by molar-refractivity contribution is -0.118. The molecule has 0 aliphatic rings. The largest absolute Gasteiger partial charge is 0.369 e. The van der Waals surface area contributed by atoms with Crippen LogP contribution in [0.1, 0.15) is 12.5 Å². The summed E-state index contributed by atoms with van der Waals surface area (Å²) in [6.07, 6.45) is 0.196. The Morgan fingerprint density at radius 2 is 1.88 bits per heavy atom. The number of anilines is 1. The summed E-state index contributed by atoms with van der Waals surface area (Å²) in [4.78, 5) is 21.9. The van der Waals surface area contributed by atoms with Crippen molar-refractivity contribution in [3.05, 3.63) is 29.8 Å². The minimum atomic E-state index is -0.551. The number of amides is 2. The number of hydrogen-bond acceptors (Lipinski definition) is 3. The van der Waals surface area contributed by atoms with Crippen molar-refractivity contribution in [2.45, 2.75) is 19.4 Å². The van der Waals surface area contributed by atoms with Crippen LogP contribution >= 0.6 is 0 Å². The molecule has 0 aromatic heterocycles. The molecule has 0 aliphatic heterocycles. The van der Waals surface area contributed by atoms with Crippen LogP contribution in [0.3, 0.4) is 0 Å². The first-order valence-electron chi connectivity index (χ1n) is 4.92. The molecule has 0 bridgehead atoms. The quantitative estimate of drug-likeness (QED) is 0.667. The number of rotatable bonds is 4. The van der Waals surface area contributed by atoms with Crippen molar-refractivity contribution in [2.75, 3.05) is 5.32 Å². The van der Waals surface area contributed by atoms with Gasteiger partial charge in [-0.05, 0) is 24.6 Å². The number of benzene rings is 1. The van der Waals surface area contributed by atoms with Crippen molar-refractivity contribution in [1.82, 2.24) is 0 Å². The number of carbonyl (C=O) groups excluding carboxylic acids is 2. The highest BCUT2D eigenvalue weighted by molar-refractivity contribution is 5.94. The van der Waals surface area contributed by atoms with Crippen LogP contribution < -0.4 is 16.8 Å². The summed E-state index contributed by atoms with van der Waals surface area (Å²) in [5.41, 5.74) is 11.9. The molecule has 16 heavy (non-hydrogen) atoms. The van der Waals surface area contributed by atoms with Crippen LogP contribution in [0.5, 0.6) is 0 Å². The average molecular weight is 221 g/mol. The Hall–Kier alpha value is -1.88. The topological polar surface area (TPSA) is 98.2 Å². The summed E-state index contributed by atoms with van der Waals surface area (Å²) in [5.74, 6) is -0.630. The summed E-state index contributed by atoms with van der Waals surface area (Å²) in [6.45, 7) is 1.61. The van der Waals surface area contributed by atoms with E-state index in [0.29, 0.717) is 5.69 Å². The van der Waals surface area contributed by atoms with E-state index in [2.05, 4.69) is 5.32 Å². The van der Waals surface area contributed by atoms with Crippen molar-refractivity contribution in [1.29, 1.82) is 0 Å². The maximum absolute atomic E-state index is 11.3. The highest BCUT2D eigenvalue weighted by Gasteiger charge is 2.07. The fraction of sp³-hybridized carbons (Fsp3) is 0.273. The van der Waals surface area contributed by atoms with Gasteiger partial charge in [0.2, 0.25) is 11.8 Å². The summed E-state index contributed by atoms with van der Waals surface area (Å²) >= 11 is 0. The first kappa shape index (κ1) is 12.2. The van der Waals surface area contributed by atoms with Gasteiger partial charge < -0.3 is 16.8 Å². The molecule has 1 atom stereocenters. The number of hydrogen-bond donors (Lipinski definition) is 3. The van der Waals surface area contributed by atoms with Gasteiger partial charge in [0.25, 0.3) is 0 Å². The molecular weight excluding hydrogens is 206 g/mol. The molecule has 0 saturated carbocycles. The summed E-state index contributed by atoms with van der Waals surface area (Å²) in [6, 6.07) is 6.34. The molecule has 0 unspecified atom stereocenters. The van der Waals surface area contributed by atoms with Gasteiger partial charge >= 0.3 is 0 Å². The number of nitrogens with two attached hydrogens (primary N) is 2. The van der Waals surface area contributed by atoms with E-state index in [4.69, 9.17) is 11.5 Å². The van der Waals surface area contributed by atoms with Crippen molar-refractivity contribution in [3.63, 3.8) is 0 Å². The van der Waals surface area contributed by atoms with Crippen LogP contribution in [0.15, 0.2) is 24.3 Å². The molecule has 0 spiro atoms. The van der Waals surface area contributed by atoms with Crippen LogP contribution in [0.25, 0.3) is 0 Å². The molecule has 0 fully saturated rings. The first-order valence-corrected chi connectivity index (χ1v) is 4.92. The highest BCUT2D eigenvalue weighted by Crippen LogP contribution is 2.10. The molecule has 1 aromatic rings. The monoisotopic (exact) mass is 221 g/mol. The summed E-state index contributed by atoms with van der Waals surface area (Å²) < 4.78 is 0. The second-order valence-electron chi connectivity index (χ2n) is 3.62. The Balaban J connectivity index is 2.64. The van der Waals surface area contributed by atoms with Crippen LogP contribution in [-0.2, 0) is 16.0 Å². The molecule has 1 rings (SSSR count). The smallest absolute Gasteiger partial charge is 0.240 e. The first-order chi connectivity index (χ1) is 7.49. The molecule has 5 heteroatoms. The number of carbonyl (C=O) groups is 2. The van der Waals surface area contributed by atoms with E-state index in [1.54, 1.807) is 31.2 Å². The van der Waals surface area contributed by atoms with Gasteiger partial charge in [-0.3, -0.25) is 9.59 Å². The van der Waals surface area contributed by atoms with E-state index >= 15 is 0 Å². The van der Waals surface area contributed by atoms with Crippen molar-refractivity contribution in [2.24, 2.45) is 11.5 Å². The zero-order chi connectivity index (χ0) is 12.1. The van der Waals surface area contributed by atoms with Crippen molar-refractivity contribution in [3.8, 4) is 0 Å². The molecule has 0 radical (unpaired) electrons. The molecule has 86 valence electrons. The van der Waals surface area contributed by atoms with Gasteiger partial charge in [-0.25, -0.2) is 0 Å². The zero-order valence-electron chi connectivity index (χ0n) is 9.07. The van der Waals surface area contributed by atoms with Crippen molar-refractivity contribution >= 4 is 17.5 Å². The van der Waals surface area contributed by atoms with E-state index in [-0.39, 0.29) is 18.2 Å². The normalized spacial score (nSPS) is 11.9. The predicted octanol–water partition coefficient (Wildman–Crippen LogP) is 0.0001000. The van der Waals surface area contributed by atoms with Gasteiger partial charge in [-0.2, -0.15) is 0 Å². The maximum Gasteiger partial charge on any atom is 0.240 e. The fourth-order valence-corrected chi connectivity index (χ4v) is 1.16.